The summed E-state index contributed by atoms with van der Waals surface area (Å²) in [5.74, 6) is 0.156. The molecule has 1 aliphatic rings. The Kier molecular flexibility index (Phi) is 4.16. The maximum Gasteiger partial charge on any atom is 0.109 e. The molecule has 0 amide bonds. The van der Waals surface area contributed by atoms with Crippen LogP contribution in [0.2, 0.25) is 5.82 Å². The lowest BCUT2D eigenvalue weighted by atomic mass is 9.84. The molecule has 62 valence electrons. The van der Waals surface area contributed by atoms with E-state index in [1.54, 1.807) is 0 Å². The zero-order chi connectivity index (χ0) is 8.27. The molecule has 1 fully saturated rings. The van der Waals surface area contributed by atoms with Crippen LogP contribution in [0.4, 0.5) is 0 Å². The minimum atomic E-state index is 0.156. The van der Waals surface area contributed by atoms with Gasteiger partial charge in [0.2, 0.25) is 0 Å². The summed E-state index contributed by atoms with van der Waals surface area (Å²) in [5.41, 5.74) is 0. The molecule has 0 N–H and O–H groups in total. The number of hydrogen-bond donors (Lipinski definition) is 0. The summed E-state index contributed by atoms with van der Waals surface area (Å²) in [6.07, 6.45) is 2.38. The van der Waals surface area contributed by atoms with Gasteiger partial charge in [-0.2, -0.15) is 0 Å². The summed E-state index contributed by atoms with van der Waals surface area (Å²) in [7, 11) is 5.80. The molecule has 0 aliphatic heterocycles. The van der Waals surface area contributed by atoms with Gasteiger partial charge in [-0.3, -0.25) is 0 Å². The van der Waals surface area contributed by atoms with Gasteiger partial charge in [0.15, 0.2) is 0 Å². The Morgan fingerprint density at radius 1 is 1.55 bits per heavy atom. The molecule has 11 heavy (non-hydrogen) atoms. The topological polar surface area (TPSA) is 18.5 Å². The maximum absolute atomic E-state index is 5.80. The van der Waals surface area contributed by atoms with Crippen LogP contribution in [0.1, 0.15) is 19.8 Å². The van der Waals surface area contributed by atoms with Crippen molar-refractivity contribution in [2.45, 2.75) is 37.8 Å². The number of halogens is 1. The van der Waals surface area contributed by atoms with E-state index in [4.69, 9.17) is 15.6 Å². The highest BCUT2D eigenvalue weighted by molar-refractivity contribution is 14.1. The Morgan fingerprint density at radius 2 is 2.27 bits per heavy atom. The van der Waals surface area contributed by atoms with E-state index in [1.165, 1.54) is 0 Å². The van der Waals surface area contributed by atoms with Crippen LogP contribution in [0, 0.1) is 0 Å². The van der Waals surface area contributed by atoms with Crippen molar-refractivity contribution >= 4 is 30.9 Å². The third kappa shape index (κ3) is 2.59. The molecule has 0 saturated heterocycles. The van der Waals surface area contributed by atoms with Crippen LogP contribution >= 0.6 is 23.0 Å². The molecule has 2 radical (unpaired) electrons. The lowest BCUT2D eigenvalue weighted by Gasteiger charge is -2.09. The maximum atomic E-state index is 5.80. The largest absolute Gasteiger partial charge is 0.378 e. The molecule has 1 rings (SSSR count). The van der Waals surface area contributed by atoms with E-state index < -0.39 is 0 Å². The summed E-state index contributed by atoms with van der Waals surface area (Å²) >= 11 is 1.91. The fourth-order valence-corrected chi connectivity index (χ4v) is 2.04. The van der Waals surface area contributed by atoms with Gasteiger partial charge in [-0.15, -0.1) is 0 Å². The van der Waals surface area contributed by atoms with Crippen LogP contribution in [-0.4, -0.2) is 26.7 Å². The number of ether oxygens (including phenoxy) is 1. The molecule has 0 unspecified atom stereocenters. The predicted molar refractivity (Wildman–Crippen MR) is 53.0 cm³/mol. The first-order valence-electron chi connectivity index (χ1n) is 3.92. The highest BCUT2D eigenvalue weighted by Gasteiger charge is 2.31. The third-order valence-corrected chi connectivity index (χ3v) is 2.68. The Balaban J connectivity index is 2.30. The highest BCUT2D eigenvalue weighted by atomic mass is 127. The van der Waals surface area contributed by atoms with Crippen LogP contribution in [0.3, 0.4) is 0 Å². The predicted octanol–water partition coefficient (Wildman–Crippen LogP) is 1.88. The van der Waals surface area contributed by atoms with Gasteiger partial charge in [0.1, 0.15) is 23.0 Å². The van der Waals surface area contributed by atoms with Crippen molar-refractivity contribution in [3.8, 4) is 0 Å². The van der Waals surface area contributed by atoms with Crippen molar-refractivity contribution in [3.63, 3.8) is 0 Å². The monoisotopic (exact) mass is 266 g/mol. The van der Waals surface area contributed by atoms with Gasteiger partial charge in [-0.05, 0) is 19.2 Å². The van der Waals surface area contributed by atoms with Gasteiger partial charge >= 0.3 is 0 Å². The fourth-order valence-electron chi connectivity index (χ4n) is 1.46. The van der Waals surface area contributed by atoms with Gasteiger partial charge in [-0.1, -0.05) is 0 Å². The standard InChI is InChI=1S/C7H12BIO2/c1-2-10-5-3-6(8)7(4-5)11-9/h5-7H,2-4H2,1H3/t5-,6+,7+/m0/s1. The van der Waals surface area contributed by atoms with E-state index in [1.807, 2.05) is 29.9 Å². The van der Waals surface area contributed by atoms with Gasteiger partial charge < -0.3 is 7.80 Å². The minimum absolute atomic E-state index is 0.156. The molecule has 0 heterocycles. The minimum Gasteiger partial charge on any atom is -0.378 e. The normalized spacial score (nSPS) is 37.8. The Hall–Kier alpha value is 0.715. The van der Waals surface area contributed by atoms with Crippen LogP contribution < -0.4 is 0 Å². The van der Waals surface area contributed by atoms with Gasteiger partial charge in [0.05, 0.1) is 20.1 Å². The molecule has 0 aromatic rings. The van der Waals surface area contributed by atoms with Crippen LogP contribution in [0.15, 0.2) is 0 Å². The Labute approximate surface area is 83.1 Å². The van der Waals surface area contributed by atoms with Gasteiger partial charge in [0, 0.05) is 13.0 Å². The van der Waals surface area contributed by atoms with Crippen molar-refractivity contribution in [1.29, 1.82) is 0 Å². The van der Waals surface area contributed by atoms with Gasteiger partial charge in [-0.25, -0.2) is 0 Å². The first-order valence-corrected chi connectivity index (χ1v) is 4.80. The molecule has 2 nitrogen and oxygen atoms in total. The van der Waals surface area contributed by atoms with Gasteiger partial charge in [0.25, 0.3) is 0 Å². The Bertz CT molecular complexity index is 123. The number of rotatable bonds is 3. The zero-order valence-electron chi connectivity index (χ0n) is 6.63. The molecular formula is C7H12BIO2. The quantitative estimate of drug-likeness (QED) is 0.573. The average Bonchev–Trinajstić information content (AvgIpc) is 2.32. The van der Waals surface area contributed by atoms with Crippen molar-refractivity contribution in [2.24, 2.45) is 0 Å². The first kappa shape index (κ1) is 9.80. The summed E-state index contributed by atoms with van der Waals surface area (Å²) in [4.78, 5) is 0. The smallest absolute Gasteiger partial charge is 0.109 e. The molecule has 0 spiro atoms. The zero-order valence-corrected chi connectivity index (χ0v) is 8.78. The summed E-state index contributed by atoms with van der Waals surface area (Å²) < 4.78 is 10.6. The summed E-state index contributed by atoms with van der Waals surface area (Å²) in [5, 5.41) is 0. The van der Waals surface area contributed by atoms with Crippen molar-refractivity contribution < 1.29 is 7.80 Å². The molecule has 3 atom stereocenters. The molecule has 0 aromatic carbocycles. The van der Waals surface area contributed by atoms with E-state index in [-0.39, 0.29) is 11.9 Å². The lowest BCUT2D eigenvalue weighted by Crippen LogP contribution is -2.10. The Morgan fingerprint density at radius 3 is 2.73 bits per heavy atom. The third-order valence-electron chi connectivity index (χ3n) is 2.02. The molecular weight excluding hydrogens is 254 g/mol. The van der Waals surface area contributed by atoms with E-state index in [9.17, 15) is 0 Å². The van der Waals surface area contributed by atoms with Crippen LogP contribution in [0.25, 0.3) is 0 Å². The molecule has 0 aromatic heterocycles. The van der Waals surface area contributed by atoms with Crippen molar-refractivity contribution in [2.75, 3.05) is 6.61 Å². The lowest BCUT2D eigenvalue weighted by molar-refractivity contribution is 0.0622. The summed E-state index contributed by atoms with van der Waals surface area (Å²) in [6.45, 7) is 2.77. The van der Waals surface area contributed by atoms with Crippen molar-refractivity contribution in [1.82, 2.24) is 0 Å². The van der Waals surface area contributed by atoms with E-state index >= 15 is 0 Å². The van der Waals surface area contributed by atoms with E-state index in [2.05, 4.69) is 0 Å². The fraction of sp³-hybridized carbons (Fsp3) is 1.00. The van der Waals surface area contributed by atoms with Crippen LogP contribution in [-0.2, 0) is 7.80 Å². The van der Waals surface area contributed by atoms with E-state index in [0.717, 1.165) is 19.4 Å². The second-order valence-corrected chi connectivity index (χ2v) is 3.35. The summed E-state index contributed by atoms with van der Waals surface area (Å²) in [6, 6.07) is 0. The highest BCUT2D eigenvalue weighted by Crippen LogP contribution is 2.33. The van der Waals surface area contributed by atoms with Crippen molar-refractivity contribution in [3.05, 3.63) is 0 Å². The molecule has 4 heteroatoms. The second kappa shape index (κ2) is 4.67. The SMILES string of the molecule is [B][C@@H]1C[C@H](OCC)C[C@H]1OI. The number of hydrogen-bond acceptors (Lipinski definition) is 2. The average molecular weight is 266 g/mol. The second-order valence-electron chi connectivity index (χ2n) is 2.84. The first-order chi connectivity index (χ1) is 5.27. The van der Waals surface area contributed by atoms with Crippen LogP contribution in [0.5, 0.6) is 0 Å². The molecule has 1 aliphatic carbocycles. The molecule has 0 bridgehead atoms. The van der Waals surface area contributed by atoms with E-state index in [0.29, 0.717) is 6.10 Å². The molecule has 1 saturated carbocycles.